The van der Waals surface area contributed by atoms with Crippen LogP contribution in [-0.4, -0.2) is 22.4 Å². The van der Waals surface area contributed by atoms with E-state index in [0.29, 0.717) is 23.0 Å². The first-order valence-corrected chi connectivity index (χ1v) is 7.44. The van der Waals surface area contributed by atoms with Gasteiger partial charge in [-0.1, -0.05) is 23.9 Å². The molecule has 0 aliphatic carbocycles. The lowest BCUT2D eigenvalue weighted by Gasteiger charge is -2.14. The fourth-order valence-corrected chi connectivity index (χ4v) is 3.12. The van der Waals surface area contributed by atoms with Gasteiger partial charge in [0.2, 0.25) is 6.19 Å². The Morgan fingerprint density at radius 1 is 1.33 bits per heavy atom. The summed E-state index contributed by atoms with van der Waals surface area (Å²) in [6.07, 6.45) is 1.81. The molecule has 1 aliphatic rings. The van der Waals surface area contributed by atoms with Gasteiger partial charge >= 0.3 is 0 Å². The van der Waals surface area contributed by atoms with Gasteiger partial charge in [-0.3, -0.25) is 0 Å². The Labute approximate surface area is 125 Å². The summed E-state index contributed by atoms with van der Waals surface area (Å²) in [5, 5.41) is 9.36. The quantitative estimate of drug-likeness (QED) is 0.815. The largest absolute Gasteiger partial charge is 0.459 e. The minimum atomic E-state index is -0.304. The zero-order chi connectivity index (χ0) is 14.7. The second-order valence-electron chi connectivity index (χ2n) is 4.51. The van der Waals surface area contributed by atoms with E-state index < -0.39 is 0 Å². The molecule has 6 heteroatoms. The molecule has 4 nitrogen and oxygen atoms in total. The van der Waals surface area contributed by atoms with Crippen molar-refractivity contribution in [1.82, 2.24) is 4.90 Å². The number of benzene rings is 1. The molecule has 2 heterocycles. The fourth-order valence-electron chi connectivity index (χ4n) is 2.18. The van der Waals surface area contributed by atoms with Gasteiger partial charge in [0.1, 0.15) is 17.3 Å². The third-order valence-corrected chi connectivity index (χ3v) is 4.15. The van der Waals surface area contributed by atoms with Crippen LogP contribution in [0.5, 0.6) is 0 Å². The first kappa shape index (κ1) is 13.7. The Hall–Kier alpha value is -2.26. The molecule has 21 heavy (non-hydrogen) atoms. The molecule has 0 amide bonds. The maximum absolute atomic E-state index is 13.7. The van der Waals surface area contributed by atoms with Gasteiger partial charge in [-0.2, -0.15) is 5.26 Å². The Kier molecular flexibility index (Phi) is 3.93. The average molecular weight is 301 g/mol. The number of halogens is 1. The van der Waals surface area contributed by atoms with Gasteiger partial charge in [-0.25, -0.2) is 4.39 Å². The van der Waals surface area contributed by atoms with Gasteiger partial charge in [0.15, 0.2) is 5.17 Å². The number of thioether (sulfide) groups is 1. The van der Waals surface area contributed by atoms with E-state index in [4.69, 9.17) is 9.68 Å². The molecule has 1 aliphatic heterocycles. The average Bonchev–Trinajstić information content (AvgIpc) is 3.11. The molecule has 1 aromatic heterocycles. The minimum Gasteiger partial charge on any atom is -0.459 e. The zero-order valence-corrected chi connectivity index (χ0v) is 11.9. The third kappa shape index (κ3) is 2.93. The summed E-state index contributed by atoms with van der Waals surface area (Å²) >= 11 is 1.55. The Balaban J connectivity index is 1.79. The Bertz CT molecular complexity index is 720. The van der Waals surface area contributed by atoms with Crippen LogP contribution in [0.25, 0.3) is 11.3 Å². The van der Waals surface area contributed by atoms with Crippen LogP contribution in [0, 0.1) is 17.3 Å². The molecule has 0 N–H and O–H groups in total. The normalized spacial score (nSPS) is 16.4. The van der Waals surface area contributed by atoms with Gasteiger partial charge in [0.05, 0.1) is 12.1 Å². The smallest absolute Gasteiger partial charge is 0.208 e. The van der Waals surface area contributed by atoms with Crippen molar-refractivity contribution in [2.45, 2.75) is 6.54 Å². The molecule has 1 aromatic carbocycles. The molecule has 2 aromatic rings. The second-order valence-corrected chi connectivity index (χ2v) is 5.57. The Morgan fingerprint density at radius 2 is 2.19 bits per heavy atom. The highest BCUT2D eigenvalue weighted by molar-refractivity contribution is 8.14. The maximum atomic E-state index is 13.7. The van der Waals surface area contributed by atoms with Crippen LogP contribution >= 0.6 is 11.8 Å². The number of aliphatic imine (C=N–C) groups is 1. The van der Waals surface area contributed by atoms with Crippen molar-refractivity contribution in [3.8, 4) is 17.5 Å². The van der Waals surface area contributed by atoms with E-state index in [1.54, 1.807) is 36.0 Å². The van der Waals surface area contributed by atoms with E-state index in [0.717, 1.165) is 18.1 Å². The van der Waals surface area contributed by atoms with Crippen LogP contribution in [0.1, 0.15) is 5.76 Å². The Morgan fingerprint density at radius 3 is 3.00 bits per heavy atom. The molecule has 1 fully saturated rings. The number of amidine groups is 1. The van der Waals surface area contributed by atoms with Crippen LogP contribution in [0.2, 0.25) is 0 Å². The third-order valence-electron chi connectivity index (χ3n) is 3.16. The van der Waals surface area contributed by atoms with E-state index in [-0.39, 0.29) is 5.82 Å². The summed E-state index contributed by atoms with van der Waals surface area (Å²) in [5.74, 6) is 1.83. The molecular formula is C15H12FN3OS. The highest BCUT2D eigenvalue weighted by Gasteiger charge is 2.21. The molecule has 0 saturated carbocycles. The van der Waals surface area contributed by atoms with Gasteiger partial charge in [0.25, 0.3) is 0 Å². The molecule has 0 atom stereocenters. The number of hydrogen-bond acceptors (Lipinski definition) is 4. The number of hydrogen-bond donors (Lipinski definition) is 0. The number of rotatable bonds is 3. The number of nitrogens with zero attached hydrogens (tertiary/aromatic N) is 3. The van der Waals surface area contributed by atoms with Crippen LogP contribution in [0.15, 0.2) is 45.8 Å². The van der Waals surface area contributed by atoms with E-state index in [2.05, 4.69) is 4.99 Å². The highest BCUT2D eigenvalue weighted by Crippen LogP contribution is 2.27. The predicted octanol–water partition coefficient (Wildman–Crippen LogP) is 3.47. The van der Waals surface area contributed by atoms with Crippen LogP contribution in [0.3, 0.4) is 0 Å². The van der Waals surface area contributed by atoms with Crippen molar-refractivity contribution in [3.05, 3.63) is 48.0 Å². The number of nitriles is 1. The predicted molar refractivity (Wildman–Crippen MR) is 80.0 cm³/mol. The molecule has 1 saturated heterocycles. The van der Waals surface area contributed by atoms with Gasteiger partial charge in [-0.15, -0.1) is 4.99 Å². The summed E-state index contributed by atoms with van der Waals surface area (Å²) in [6.45, 7) is 1.35. The topological polar surface area (TPSA) is 52.5 Å². The lowest BCUT2D eigenvalue weighted by molar-refractivity contribution is 0.392. The summed E-state index contributed by atoms with van der Waals surface area (Å²) in [4.78, 5) is 5.77. The van der Waals surface area contributed by atoms with Gasteiger partial charge in [-0.05, 0) is 24.3 Å². The molecule has 0 unspecified atom stereocenters. The van der Waals surface area contributed by atoms with Gasteiger partial charge < -0.3 is 9.32 Å². The summed E-state index contributed by atoms with van der Waals surface area (Å²) in [6, 6.07) is 10.1. The lowest BCUT2D eigenvalue weighted by atomic mass is 10.1. The maximum Gasteiger partial charge on any atom is 0.208 e. The second kappa shape index (κ2) is 6.02. The van der Waals surface area contributed by atoms with Crippen LogP contribution in [0.4, 0.5) is 4.39 Å². The van der Waals surface area contributed by atoms with Crippen molar-refractivity contribution < 1.29 is 8.81 Å². The van der Waals surface area contributed by atoms with Crippen molar-refractivity contribution >= 4 is 16.9 Å². The van der Waals surface area contributed by atoms with Crippen LogP contribution < -0.4 is 0 Å². The first-order valence-electron chi connectivity index (χ1n) is 6.46. The molecule has 0 radical (unpaired) electrons. The van der Waals surface area contributed by atoms with Crippen molar-refractivity contribution in [2.24, 2.45) is 4.99 Å². The van der Waals surface area contributed by atoms with Crippen molar-refractivity contribution in [3.63, 3.8) is 0 Å². The molecular weight excluding hydrogens is 289 g/mol. The zero-order valence-electron chi connectivity index (χ0n) is 11.1. The monoisotopic (exact) mass is 301 g/mol. The molecule has 106 valence electrons. The molecule has 0 bridgehead atoms. The lowest BCUT2D eigenvalue weighted by Crippen LogP contribution is -2.23. The first-order chi connectivity index (χ1) is 10.3. The van der Waals surface area contributed by atoms with E-state index in [1.165, 1.54) is 6.07 Å². The fraction of sp³-hybridized carbons (Fsp3) is 0.200. The highest BCUT2D eigenvalue weighted by atomic mass is 32.2. The number of furan rings is 1. The minimum absolute atomic E-state index is 0.304. The van der Waals surface area contributed by atoms with E-state index in [9.17, 15) is 4.39 Å². The van der Waals surface area contributed by atoms with Crippen molar-refractivity contribution in [1.29, 1.82) is 5.26 Å². The molecule has 0 spiro atoms. The van der Waals surface area contributed by atoms with E-state index >= 15 is 0 Å². The standard InChI is InChI=1S/C15H12FN3OS/c16-13-4-2-1-3-12(13)14-6-5-11(20-14)9-19-7-8-21-15(19)18-10-17/h1-6H,7-9H2. The van der Waals surface area contributed by atoms with Crippen LogP contribution in [-0.2, 0) is 6.54 Å². The summed E-state index contributed by atoms with van der Waals surface area (Å²) in [5.41, 5.74) is 0.450. The summed E-state index contributed by atoms with van der Waals surface area (Å²) in [7, 11) is 0. The SMILES string of the molecule is N#CN=C1SCCN1Cc1ccc(-c2ccccc2F)o1. The van der Waals surface area contributed by atoms with E-state index in [1.807, 2.05) is 17.2 Å². The summed E-state index contributed by atoms with van der Waals surface area (Å²) < 4.78 is 19.4. The molecule has 3 rings (SSSR count). The van der Waals surface area contributed by atoms with Gasteiger partial charge in [0, 0.05) is 12.3 Å². The van der Waals surface area contributed by atoms with Crippen molar-refractivity contribution in [2.75, 3.05) is 12.3 Å².